The molecular formula is C29H31BrN4O6. The van der Waals surface area contributed by atoms with Crippen molar-refractivity contribution in [3.8, 4) is 17.2 Å². The van der Waals surface area contributed by atoms with Crippen molar-refractivity contribution in [1.29, 1.82) is 0 Å². The van der Waals surface area contributed by atoms with E-state index in [1.807, 2.05) is 39.0 Å². The van der Waals surface area contributed by atoms with E-state index < -0.39 is 11.8 Å². The Labute approximate surface area is 241 Å². The topological polar surface area (TPSA) is 127 Å². The number of carbonyl (C=O) groups excluding carboxylic acids is 3. The van der Waals surface area contributed by atoms with Crippen LogP contribution < -0.4 is 30.3 Å². The Hall–Kier alpha value is -4.38. The minimum atomic E-state index is -0.941. The Morgan fingerprint density at radius 1 is 0.900 bits per heavy atom. The molecule has 0 saturated heterocycles. The number of methoxy groups -OCH3 is 1. The van der Waals surface area contributed by atoms with E-state index in [0.717, 1.165) is 17.5 Å². The van der Waals surface area contributed by atoms with Crippen molar-refractivity contribution in [3.05, 3.63) is 75.8 Å². The van der Waals surface area contributed by atoms with Gasteiger partial charge < -0.3 is 24.8 Å². The second kappa shape index (κ2) is 14.7. The fourth-order valence-electron chi connectivity index (χ4n) is 3.59. The third-order valence-corrected chi connectivity index (χ3v) is 5.86. The van der Waals surface area contributed by atoms with Gasteiger partial charge in [0.15, 0.2) is 18.1 Å². The van der Waals surface area contributed by atoms with Gasteiger partial charge in [0.25, 0.3) is 5.91 Å². The highest BCUT2D eigenvalue weighted by Gasteiger charge is 2.15. The number of hydrogen-bond donors (Lipinski definition) is 3. The molecule has 0 aliphatic rings. The van der Waals surface area contributed by atoms with Gasteiger partial charge in [-0.05, 0) is 101 Å². The molecule has 0 unspecified atom stereocenters. The normalized spacial score (nSPS) is 10.6. The predicted octanol–water partition coefficient (Wildman–Crippen LogP) is 4.97. The monoisotopic (exact) mass is 610 g/mol. The molecule has 3 rings (SSSR count). The Kier molecular flexibility index (Phi) is 11.1. The fraction of sp³-hybridized carbons (Fsp3) is 0.241. The molecule has 3 N–H and O–H groups in total. The lowest BCUT2D eigenvalue weighted by atomic mass is 10.1. The van der Waals surface area contributed by atoms with Crippen LogP contribution in [0.1, 0.15) is 30.0 Å². The van der Waals surface area contributed by atoms with E-state index >= 15 is 0 Å². The molecular weight excluding hydrogens is 580 g/mol. The summed E-state index contributed by atoms with van der Waals surface area (Å²) in [5.41, 5.74) is 5.94. The number of carbonyl (C=O) groups is 3. The first kappa shape index (κ1) is 30.2. The second-order valence-electron chi connectivity index (χ2n) is 8.77. The van der Waals surface area contributed by atoms with Crippen LogP contribution in [-0.4, -0.2) is 44.3 Å². The number of aryl methyl sites for hydroxylation is 2. The van der Waals surface area contributed by atoms with E-state index in [0.29, 0.717) is 45.3 Å². The number of anilines is 2. The largest absolute Gasteiger partial charge is 0.494 e. The van der Waals surface area contributed by atoms with Crippen LogP contribution in [0.2, 0.25) is 0 Å². The molecule has 0 heterocycles. The van der Waals surface area contributed by atoms with Gasteiger partial charge in [-0.15, -0.1) is 0 Å². The van der Waals surface area contributed by atoms with E-state index in [9.17, 15) is 14.4 Å². The molecule has 0 saturated carbocycles. The maximum absolute atomic E-state index is 12.4. The lowest BCUT2D eigenvalue weighted by Crippen LogP contribution is -2.32. The SMILES string of the molecule is CCCOc1ccc(NC(=O)C(=O)N/N=C\c2cc(Br)c(OCC(=O)Nc3cc(C)cc(C)c3)c(OC)c2)cc1. The van der Waals surface area contributed by atoms with Crippen molar-refractivity contribution in [2.75, 3.05) is 31.0 Å². The third-order valence-electron chi connectivity index (χ3n) is 5.28. The van der Waals surface area contributed by atoms with Crippen LogP contribution in [0.25, 0.3) is 0 Å². The van der Waals surface area contributed by atoms with Gasteiger partial charge in [-0.25, -0.2) is 5.43 Å². The van der Waals surface area contributed by atoms with Crippen molar-refractivity contribution in [3.63, 3.8) is 0 Å². The quantitative estimate of drug-likeness (QED) is 0.160. The molecule has 210 valence electrons. The lowest BCUT2D eigenvalue weighted by molar-refractivity contribution is -0.136. The first-order valence-corrected chi connectivity index (χ1v) is 13.2. The lowest BCUT2D eigenvalue weighted by Gasteiger charge is -2.14. The number of hydrogen-bond acceptors (Lipinski definition) is 7. The number of nitrogens with zero attached hydrogens (tertiary/aromatic N) is 1. The summed E-state index contributed by atoms with van der Waals surface area (Å²) < 4.78 is 17.1. The highest BCUT2D eigenvalue weighted by Crippen LogP contribution is 2.36. The van der Waals surface area contributed by atoms with Gasteiger partial charge in [-0.1, -0.05) is 13.0 Å². The van der Waals surface area contributed by atoms with Gasteiger partial charge in [0, 0.05) is 11.4 Å². The highest BCUT2D eigenvalue weighted by molar-refractivity contribution is 9.10. The molecule has 0 atom stereocenters. The van der Waals surface area contributed by atoms with Gasteiger partial charge in [0.2, 0.25) is 0 Å². The van der Waals surface area contributed by atoms with Crippen molar-refractivity contribution < 1.29 is 28.6 Å². The molecule has 0 spiro atoms. The fourth-order valence-corrected chi connectivity index (χ4v) is 4.17. The van der Waals surface area contributed by atoms with Crippen LogP contribution in [0.5, 0.6) is 17.2 Å². The van der Waals surface area contributed by atoms with Crippen LogP contribution in [-0.2, 0) is 14.4 Å². The van der Waals surface area contributed by atoms with Crippen LogP contribution >= 0.6 is 15.9 Å². The molecule has 40 heavy (non-hydrogen) atoms. The van der Waals surface area contributed by atoms with E-state index in [2.05, 4.69) is 37.1 Å². The summed E-state index contributed by atoms with van der Waals surface area (Å²) in [5.74, 6) is -0.807. The van der Waals surface area contributed by atoms with E-state index in [1.165, 1.54) is 13.3 Å². The van der Waals surface area contributed by atoms with Gasteiger partial charge >= 0.3 is 11.8 Å². The van der Waals surface area contributed by atoms with E-state index in [1.54, 1.807) is 36.4 Å². The standard InChI is InChI=1S/C29H31BrN4O6/c1-5-10-39-23-8-6-21(7-9-23)33-28(36)29(37)34-31-16-20-14-24(30)27(25(15-20)38-4)40-17-26(35)32-22-12-18(2)11-19(3)13-22/h6-9,11-16H,5,10,17H2,1-4H3,(H,32,35)(H,33,36)(H,34,37)/b31-16-. The van der Waals surface area contributed by atoms with Gasteiger partial charge in [-0.2, -0.15) is 5.10 Å². The Morgan fingerprint density at radius 2 is 1.60 bits per heavy atom. The molecule has 0 aliphatic carbocycles. The molecule has 0 radical (unpaired) electrons. The minimum absolute atomic E-state index is 0.241. The number of nitrogens with one attached hydrogen (secondary N) is 3. The third kappa shape index (κ3) is 9.12. The average Bonchev–Trinajstić information content (AvgIpc) is 2.91. The van der Waals surface area contributed by atoms with Gasteiger partial charge in [-0.3, -0.25) is 14.4 Å². The zero-order chi connectivity index (χ0) is 29.1. The summed E-state index contributed by atoms with van der Waals surface area (Å²) in [5, 5.41) is 9.16. The van der Waals surface area contributed by atoms with Gasteiger partial charge in [0.1, 0.15) is 5.75 Å². The molecule has 0 aromatic heterocycles. The summed E-state index contributed by atoms with van der Waals surface area (Å²) in [6.07, 6.45) is 2.23. The van der Waals surface area contributed by atoms with E-state index in [4.69, 9.17) is 14.2 Å². The first-order chi connectivity index (χ1) is 19.2. The Balaban J connectivity index is 1.55. The van der Waals surface area contributed by atoms with Crippen LogP contribution in [0, 0.1) is 13.8 Å². The van der Waals surface area contributed by atoms with Crippen molar-refractivity contribution >= 4 is 51.2 Å². The summed E-state index contributed by atoms with van der Waals surface area (Å²) in [4.78, 5) is 36.8. The molecule has 0 fully saturated rings. The summed E-state index contributed by atoms with van der Waals surface area (Å²) >= 11 is 3.42. The molecule has 11 heteroatoms. The Bertz CT molecular complexity index is 1370. The zero-order valence-corrected chi connectivity index (χ0v) is 24.3. The molecule has 0 bridgehead atoms. The second-order valence-corrected chi connectivity index (χ2v) is 9.63. The van der Waals surface area contributed by atoms with Crippen LogP contribution in [0.4, 0.5) is 11.4 Å². The molecule has 3 aromatic rings. The summed E-state index contributed by atoms with van der Waals surface area (Å²) in [6, 6.07) is 15.7. The molecule has 10 nitrogen and oxygen atoms in total. The number of rotatable bonds is 11. The maximum atomic E-state index is 12.4. The van der Waals surface area contributed by atoms with Crippen molar-refractivity contribution in [2.45, 2.75) is 27.2 Å². The van der Waals surface area contributed by atoms with Crippen molar-refractivity contribution in [1.82, 2.24) is 5.43 Å². The average molecular weight is 611 g/mol. The maximum Gasteiger partial charge on any atom is 0.329 e. The number of hydrazone groups is 1. The van der Waals surface area contributed by atoms with Crippen molar-refractivity contribution in [2.24, 2.45) is 5.10 Å². The first-order valence-electron chi connectivity index (χ1n) is 12.4. The predicted molar refractivity (Wildman–Crippen MR) is 157 cm³/mol. The molecule has 3 amide bonds. The van der Waals surface area contributed by atoms with Gasteiger partial charge in [0.05, 0.1) is 24.4 Å². The zero-order valence-electron chi connectivity index (χ0n) is 22.7. The number of ether oxygens (including phenoxy) is 3. The molecule has 3 aromatic carbocycles. The summed E-state index contributed by atoms with van der Waals surface area (Å²) in [7, 11) is 1.46. The van der Waals surface area contributed by atoms with Crippen LogP contribution in [0.15, 0.2) is 64.2 Å². The summed E-state index contributed by atoms with van der Waals surface area (Å²) in [6.45, 7) is 6.27. The highest BCUT2D eigenvalue weighted by atomic mass is 79.9. The number of halogens is 1. The van der Waals surface area contributed by atoms with E-state index in [-0.39, 0.29) is 12.5 Å². The Morgan fingerprint density at radius 3 is 2.25 bits per heavy atom. The smallest absolute Gasteiger partial charge is 0.329 e. The number of benzene rings is 3. The van der Waals surface area contributed by atoms with Crippen LogP contribution in [0.3, 0.4) is 0 Å². The minimum Gasteiger partial charge on any atom is -0.494 e. The number of amides is 3. The molecule has 0 aliphatic heterocycles.